The molecule has 0 radical (unpaired) electrons. The number of aromatic amines is 1. The average Bonchev–Trinajstić information content (AvgIpc) is 2.95. The number of halogens is 1. The van der Waals surface area contributed by atoms with Crippen molar-refractivity contribution in [2.24, 2.45) is 5.92 Å². The highest BCUT2D eigenvalue weighted by Crippen LogP contribution is 2.25. The highest BCUT2D eigenvalue weighted by molar-refractivity contribution is 6.33. The van der Waals surface area contributed by atoms with Gasteiger partial charge in [-0.25, -0.2) is 4.98 Å². The fourth-order valence-corrected chi connectivity index (χ4v) is 3.07. The van der Waals surface area contributed by atoms with Crippen molar-refractivity contribution < 1.29 is 4.79 Å². The molecular formula is C20H22ClN3O. The maximum atomic E-state index is 12.6. The molecule has 3 rings (SSSR count). The maximum Gasteiger partial charge on any atom is 0.253 e. The molecule has 25 heavy (non-hydrogen) atoms. The number of H-pyrrole nitrogens is 1. The van der Waals surface area contributed by atoms with E-state index in [1.54, 1.807) is 18.2 Å². The van der Waals surface area contributed by atoms with Gasteiger partial charge in [0.1, 0.15) is 5.82 Å². The Kier molecular flexibility index (Phi) is 4.82. The standard InChI is InChI=1S/C20H22ClN3O/c1-11(2)18(24-20(25)14-7-5-6-8-15(14)21)19-22-16-9-12(3)13(4)10-17(16)23-19/h5-11,18H,1-4H3,(H,22,23)(H,24,25)/t18-/m0/s1. The maximum absolute atomic E-state index is 12.6. The van der Waals surface area contributed by atoms with Crippen LogP contribution in [0.3, 0.4) is 0 Å². The molecule has 0 saturated carbocycles. The molecule has 0 saturated heterocycles. The van der Waals surface area contributed by atoms with Crippen molar-refractivity contribution in [2.45, 2.75) is 33.7 Å². The second-order valence-electron chi connectivity index (χ2n) is 6.75. The average molecular weight is 356 g/mol. The van der Waals surface area contributed by atoms with Gasteiger partial charge >= 0.3 is 0 Å². The van der Waals surface area contributed by atoms with Gasteiger partial charge in [-0.2, -0.15) is 0 Å². The van der Waals surface area contributed by atoms with E-state index in [1.807, 2.05) is 6.07 Å². The molecule has 1 aromatic heterocycles. The van der Waals surface area contributed by atoms with Gasteiger partial charge in [0.15, 0.2) is 0 Å². The molecule has 0 unspecified atom stereocenters. The number of fused-ring (bicyclic) bond motifs is 1. The van der Waals surface area contributed by atoms with Gasteiger partial charge in [0.05, 0.1) is 27.7 Å². The Labute approximate surface area is 152 Å². The minimum Gasteiger partial charge on any atom is -0.342 e. The molecule has 2 N–H and O–H groups in total. The van der Waals surface area contributed by atoms with E-state index in [9.17, 15) is 4.79 Å². The summed E-state index contributed by atoms with van der Waals surface area (Å²) in [5, 5.41) is 3.51. The Morgan fingerprint density at radius 1 is 1.16 bits per heavy atom. The van der Waals surface area contributed by atoms with E-state index < -0.39 is 0 Å². The highest BCUT2D eigenvalue weighted by atomic mass is 35.5. The van der Waals surface area contributed by atoms with E-state index in [0.717, 1.165) is 16.9 Å². The summed E-state index contributed by atoms with van der Waals surface area (Å²) >= 11 is 6.14. The van der Waals surface area contributed by atoms with Crippen molar-refractivity contribution in [1.82, 2.24) is 15.3 Å². The number of rotatable bonds is 4. The van der Waals surface area contributed by atoms with E-state index >= 15 is 0 Å². The normalized spacial score (nSPS) is 12.6. The van der Waals surface area contributed by atoms with Crippen molar-refractivity contribution in [2.75, 3.05) is 0 Å². The minimum absolute atomic E-state index is 0.175. The van der Waals surface area contributed by atoms with E-state index in [0.29, 0.717) is 10.6 Å². The van der Waals surface area contributed by atoms with Crippen LogP contribution < -0.4 is 5.32 Å². The second kappa shape index (κ2) is 6.89. The molecule has 0 spiro atoms. The lowest BCUT2D eigenvalue weighted by Crippen LogP contribution is -2.32. The topological polar surface area (TPSA) is 57.8 Å². The lowest BCUT2D eigenvalue weighted by Gasteiger charge is -2.20. The predicted octanol–water partition coefficient (Wildman–Crippen LogP) is 4.96. The molecule has 1 atom stereocenters. The number of aromatic nitrogens is 2. The van der Waals surface area contributed by atoms with Gasteiger partial charge < -0.3 is 10.3 Å². The Bertz CT molecular complexity index is 891. The smallest absolute Gasteiger partial charge is 0.253 e. The first-order valence-corrected chi connectivity index (χ1v) is 8.77. The largest absolute Gasteiger partial charge is 0.342 e. The summed E-state index contributed by atoms with van der Waals surface area (Å²) in [5.74, 6) is 0.738. The fourth-order valence-electron chi connectivity index (χ4n) is 2.85. The van der Waals surface area contributed by atoms with Crippen LogP contribution >= 0.6 is 11.6 Å². The van der Waals surface area contributed by atoms with Crippen molar-refractivity contribution in [1.29, 1.82) is 0 Å². The van der Waals surface area contributed by atoms with Gasteiger partial charge in [-0.3, -0.25) is 4.79 Å². The number of hydrogen-bond donors (Lipinski definition) is 2. The van der Waals surface area contributed by atoms with Crippen LogP contribution in [0, 0.1) is 19.8 Å². The number of amides is 1. The number of nitrogens with one attached hydrogen (secondary N) is 2. The molecule has 130 valence electrons. The van der Waals surface area contributed by atoms with Crippen LogP contribution in [0.2, 0.25) is 5.02 Å². The molecule has 3 aromatic rings. The van der Waals surface area contributed by atoms with Gasteiger partial charge in [-0.15, -0.1) is 0 Å². The van der Waals surface area contributed by atoms with Crippen LogP contribution in [0.5, 0.6) is 0 Å². The Balaban J connectivity index is 1.94. The van der Waals surface area contributed by atoms with Crippen molar-refractivity contribution in [3.63, 3.8) is 0 Å². The summed E-state index contributed by atoms with van der Waals surface area (Å²) in [4.78, 5) is 20.7. The second-order valence-corrected chi connectivity index (χ2v) is 7.16. The summed E-state index contributed by atoms with van der Waals surface area (Å²) in [6, 6.07) is 11.0. The number of hydrogen-bond acceptors (Lipinski definition) is 2. The van der Waals surface area contributed by atoms with Gasteiger partial charge in [0.2, 0.25) is 0 Å². The number of aryl methyl sites for hydroxylation is 2. The molecule has 2 aromatic carbocycles. The molecule has 1 amide bonds. The number of carbonyl (C=O) groups is 1. The van der Waals surface area contributed by atoms with E-state index in [2.05, 4.69) is 50.1 Å². The molecule has 0 aliphatic rings. The van der Waals surface area contributed by atoms with Gasteiger partial charge in [-0.05, 0) is 55.2 Å². The molecule has 0 aliphatic heterocycles. The molecule has 4 nitrogen and oxygen atoms in total. The van der Waals surface area contributed by atoms with Crippen LogP contribution in [-0.4, -0.2) is 15.9 Å². The summed E-state index contributed by atoms with van der Waals surface area (Å²) < 4.78 is 0. The lowest BCUT2D eigenvalue weighted by molar-refractivity contribution is 0.0923. The van der Waals surface area contributed by atoms with Crippen molar-refractivity contribution >= 4 is 28.5 Å². The number of nitrogens with zero attached hydrogens (tertiary/aromatic N) is 1. The number of benzene rings is 2. The zero-order chi connectivity index (χ0) is 18.1. The van der Waals surface area contributed by atoms with Crippen LogP contribution in [-0.2, 0) is 0 Å². The lowest BCUT2D eigenvalue weighted by atomic mass is 10.0. The summed E-state index contributed by atoms with van der Waals surface area (Å²) in [6.07, 6.45) is 0. The van der Waals surface area contributed by atoms with Crippen LogP contribution in [0.4, 0.5) is 0 Å². The van der Waals surface area contributed by atoms with Gasteiger partial charge in [0.25, 0.3) is 5.91 Å². The zero-order valence-corrected chi connectivity index (χ0v) is 15.6. The van der Waals surface area contributed by atoms with Crippen molar-refractivity contribution in [3.05, 3.63) is 63.9 Å². The quantitative estimate of drug-likeness (QED) is 0.694. The third kappa shape index (κ3) is 3.54. The highest BCUT2D eigenvalue weighted by Gasteiger charge is 2.23. The van der Waals surface area contributed by atoms with E-state index in [1.165, 1.54) is 11.1 Å². The van der Waals surface area contributed by atoms with E-state index in [4.69, 9.17) is 16.6 Å². The predicted molar refractivity (Wildman–Crippen MR) is 102 cm³/mol. The Hall–Kier alpha value is -2.33. The van der Waals surface area contributed by atoms with Crippen LogP contribution in [0.15, 0.2) is 36.4 Å². The molecule has 0 aliphatic carbocycles. The summed E-state index contributed by atoms with van der Waals surface area (Å²) in [6.45, 7) is 8.26. The molecule has 0 fully saturated rings. The minimum atomic E-state index is -0.225. The first-order chi connectivity index (χ1) is 11.9. The SMILES string of the molecule is Cc1cc2nc([C@@H](NC(=O)c3ccccc3Cl)C(C)C)[nH]c2cc1C. The molecular weight excluding hydrogens is 334 g/mol. The Morgan fingerprint density at radius 2 is 1.84 bits per heavy atom. The number of imidazole rings is 1. The summed E-state index contributed by atoms with van der Waals surface area (Å²) in [5.41, 5.74) is 4.78. The monoisotopic (exact) mass is 355 g/mol. The van der Waals surface area contributed by atoms with Gasteiger partial charge in [0, 0.05) is 0 Å². The zero-order valence-electron chi connectivity index (χ0n) is 14.9. The Morgan fingerprint density at radius 3 is 2.52 bits per heavy atom. The van der Waals surface area contributed by atoms with Crippen molar-refractivity contribution in [3.8, 4) is 0 Å². The molecule has 0 bridgehead atoms. The molecule has 5 heteroatoms. The summed E-state index contributed by atoms with van der Waals surface area (Å²) in [7, 11) is 0. The van der Waals surface area contributed by atoms with E-state index in [-0.39, 0.29) is 17.9 Å². The third-order valence-electron chi connectivity index (χ3n) is 4.48. The van der Waals surface area contributed by atoms with Crippen LogP contribution in [0.25, 0.3) is 11.0 Å². The van der Waals surface area contributed by atoms with Crippen LogP contribution in [0.1, 0.15) is 47.2 Å². The third-order valence-corrected chi connectivity index (χ3v) is 4.81. The number of carbonyl (C=O) groups excluding carboxylic acids is 1. The first kappa shape index (κ1) is 17.5. The first-order valence-electron chi connectivity index (χ1n) is 8.39. The molecule has 1 heterocycles. The van der Waals surface area contributed by atoms with Gasteiger partial charge in [-0.1, -0.05) is 37.6 Å². The fraction of sp³-hybridized carbons (Fsp3) is 0.300.